The van der Waals surface area contributed by atoms with E-state index in [0.29, 0.717) is 43.6 Å². The third-order valence-corrected chi connectivity index (χ3v) is 4.78. The third kappa shape index (κ3) is 3.78. The topological polar surface area (TPSA) is 103 Å². The van der Waals surface area contributed by atoms with E-state index in [1.807, 2.05) is 12.1 Å². The lowest BCUT2D eigenvalue weighted by Crippen LogP contribution is -2.49. The maximum absolute atomic E-state index is 12.9. The average Bonchev–Trinajstić information content (AvgIpc) is 3.22. The summed E-state index contributed by atoms with van der Waals surface area (Å²) >= 11 is 0. The van der Waals surface area contributed by atoms with Gasteiger partial charge in [0.25, 0.3) is 5.91 Å². The number of nitrogens with one attached hydrogen (secondary N) is 2. The van der Waals surface area contributed by atoms with E-state index in [1.165, 1.54) is 5.56 Å². The Hall–Kier alpha value is -3.49. The molecule has 3 heterocycles. The minimum absolute atomic E-state index is 0.143. The Bertz CT molecular complexity index is 917. The number of H-pyrrole nitrogens is 1. The molecule has 1 aromatic carbocycles. The van der Waals surface area contributed by atoms with Crippen LogP contribution in [0.2, 0.25) is 0 Å². The van der Waals surface area contributed by atoms with Crippen LogP contribution < -0.4 is 10.2 Å². The van der Waals surface area contributed by atoms with E-state index in [4.69, 9.17) is 0 Å². The number of aromatic amines is 1. The number of nitrogens with zero attached hydrogens (tertiary/aromatic N) is 6. The SMILES string of the molecule is CCc1ccc(Nc2n[nH]nc2C(=O)N2CCN(c3ncccn3)CC2)cc1. The number of aromatic nitrogens is 5. The van der Waals surface area contributed by atoms with Gasteiger partial charge in [0.05, 0.1) is 0 Å². The molecule has 4 rings (SSSR count). The molecule has 1 aliphatic heterocycles. The molecule has 9 heteroatoms. The van der Waals surface area contributed by atoms with Crippen molar-refractivity contribution >= 4 is 23.4 Å². The molecule has 2 N–H and O–H groups in total. The van der Waals surface area contributed by atoms with Gasteiger partial charge < -0.3 is 15.1 Å². The molecule has 2 aromatic heterocycles. The number of anilines is 3. The highest BCUT2D eigenvalue weighted by Crippen LogP contribution is 2.20. The smallest absolute Gasteiger partial charge is 0.278 e. The number of amides is 1. The number of carbonyl (C=O) groups is 1. The van der Waals surface area contributed by atoms with Gasteiger partial charge in [0.1, 0.15) is 0 Å². The van der Waals surface area contributed by atoms with Gasteiger partial charge in [-0.3, -0.25) is 4.79 Å². The van der Waals surface area contributed by atoms with Crippen LogP contribution in [0.4, 0.5) is 17.5 Å². The Morgan fingerprint density at radius 3 is 2.46 bits per heavy atom. The molecular formula is C19H22N8O. The van der Waals surface area contributed by atoms with Crippen molar-refractivity contribution in [3.8, 4) is 0 Å². The van der Waals surface area contributed by atoms with Crippen LogP contribution in [0.1, 0.15) is 23.0 Å². The minimum atomic E-state index is -0.143. The van der Waals surface area contributed by atoms with Gasteiger partial charge in [-0.1, -0.05) is 19.1 Å². The lowest BCUT2D eigenvalue weighted by molar-refractivity contribution is 0.0741. The summed E-state index contributed by atoms with van der Waals surface area (Å²) in [5.41, 5.74) is 2.41. The van der Waals surface area contributed by atoms with Gasteiger partial charge in [-0.25, -0.2) is 9.97 Å². The third-order valence-electron chi connectivity index (χ3n) is 4.78. The Balaban J connectivity index is 1.41. The molecule has 9 nitrogen and oxygen atoms in total. The molecular weight excluding hydrogens is 356 g/mol. The molecule has 1 saturated heterocycles. The Morgan fingerprint density at radius 2 is 1.79 bits per heavy atom. The first-order chi connectivity index (χ1) is 13.7. The summed E-state index contributed by atoms with van der Waals surface area (Å²) in [6.45, 7) is 4.62. The molecule has 1 fully saturated rings. The Kier molecular flexibility index (Phi) is 5.14. The minimum Gasteiger partial charge on any atom is -0.337 e. The number of hydrogen-bond acceptors (Lipinski definition) is 7. The first-order valence-electron chi connectivity index (χ1n) is 9.32. The van der Waals surface area contributed by atoms with Crippen molar-refractivity contribution in [3.63, 3.8) is 0 Å². The van der Waals surface area contributed by atoms with Gasteiger partial charge in [-0.05, 0) is 30.2 Å². The van der Waals surface area contributed by atoms with Crippen molar-refractivity contribution in [2.45, 2.75) is 13.3 Å². The predicted molar refractivity (Wildman–Crippen MR) is 106 cm³/mol. The van der Waals surface area contributed by atoms with Gasteiger partial charge in [-0.2, -0.15) is 5.21 Å². The van der Waals surface area contributed by atoms with Crippen LogP contribution in [0.15, 0.2) is 42.7 Å². The van der Waals surface area contributed by atoms with Crippen LogP contribution in [0.5, 0.6) is 0 Å². The zero-order valence-corrected chi connectivity index (χ0v) is 15.7. The van der Waals surface area contributed by atoms with Crippen LogP contribution in [-0.2, 0) is 6.42 Å². The fourth-order valence-corrected chi connectivity index (χ4v) is 3.14. The molecule has 0 unspecified atom stereocenters. The fourth-order valence-electron chi connectivity index (χ4n) is 3.14. The largest absolute Gasteiger partial charge is 0.337 e. The molecule has 0 aliphatic carbocycles. The van der Waals surface area contributed by atoms with Crippen molar-refractivity contribution in [1.82, 2.24) is 30.3 Å². The Labute approximate surface area is 162 Å². The second-order valence-electron chi connectivity index (χ2n) is 6.52. The van der Waals surface area contributed by atoms with Crippen molar-refractivity contribution in [1.29, 1.82) is 0 Å². The van der Waals surface area contributed by atoms with Gasteiger partial charge in [-0.15, -0.1) is 10.2 Å². The zero-order chi connectivity index (χ0) is 19.3. The quantitative estimate of drug-likeness (QED) is 0.698. The van der Waals surface area contributed by atoms with E-state index < -0.39 is 0 Å². The summed E-state index contributed by atoms with van der Waals surface area (Å²) in [5, 5.41) is 13.9. The van der Waals surface area contributed by atoms with Crippen molar-refractivity contribution < 1.29 is 4.79 Å². The van der Waals surface area contributed by atoms with Gasteiger partial charge >= 0.3 is 0 Å². The molecule has 0 bridgehead atoms. The number of carbonyl (C=O) groups excluding carboxylic acids is 1. The van der Waals surface area contributed by atoms with Gasteiger partial charge in [0.15, 0.2) is 11.5 Å². The van der Waals surface area contributed by atoms with Gasteiger partial charge in [0, 0.05) is 44.3 Å². The van der Waals surface area contributed by atoms with Crippen LogP contribution >= 0.6 is 0 Å². The molecule has 144 valence electrons. The maximum Gasteiger partial charge on any atom is 0.278 e. The fraction of sp³-hybridized carbons (Fsp3) is 0.316. The predicted octanol–water partition coefficient (Wildman–Crippen LogP) is 1.86. The van der Waals surface area contributed by atoms with Crippen molar-refractivity contribution in [2.75, 3.05) is 36.4 Å². The Morgan fingerprint density at radius 1 is 1.07 bits per heavy atom. The standard InChI is InChI=1S/C19H22N8O/c1-2-14-4-6-15(7-5-14)22-17-16(23-25-24-17)18(28)26-10-12-27(13-11-26)19-20-8-3-9-21-19/h3-9H,2,10-13H2,1H3,(H2,22,23,24,25). The van der Waals surface area contributed by atoms with E-state index >= 15 is 0 Å². The van der Waals surface area contributed by atoms with Crippen LogP contribution in [0.3, 0.4) is 0 Å². The highest BCUT2D eigenvalue weighted by atomic mass is 16.2. The molecule has 0 atom stereocenters. The molecule has 0 saturated carbocycles. The van der Waals surface area contributed by atoms with Crippen LogP contribution in [-0.4, -0.2) is 62.4 Å². The van der Waals surface area contributed by atoms with E-state index in [0.717, 1.165) is 12.1 Å². The summed E-state index contributed by atoms with van der Waals surface area (Å²) in [6, 6.07) is 9.84. The summed E-state index contributed by atoms with van der Waals surface area (Å²) in [7, 11) is 0. The van der Waals surface area contributed by atoms with Crippen LogP contribution in [0.25, 0.3) is 0 Å². The average molecular weight is 378 g/mol. The molecule has 1 aliphatic rings. The summed E-state index contributed by atoms with van der Waals surface area (Å²) in [6.07, 6.45) is 4.43. The number of benzene rings is 1. The first-order valence-corrected chi connectivity index (χ1v) is 9.32. The van der Waals surface area contributed by atoms with Crippen LogP contribution in [0, 0.1) is 0 Å². The lowest BCUT2D eigenvalue weighted by atomic mass is 10.1. The lowest BCUT2D eigenvalue weighted by Gasteiger charge is -2.34. The summed E-state index contributed by atoms with van der Waals surface area (Å²) in [4.78, 5) is 25.3. The van der Waals surface area contributed by atoms with E-state index in [2.05, 4.69) is 54.7 Å². The summed E-state index contributed by atoms with van der Waals surface area (Å²) in [5.74, 6) is 0.979. The highest BCUT2D eigenvalue weighted by Gasteiger charge is 2.27. The molecule has 1 amide bonds. The monoisotopic (exact) mass is 378 g/mol. The molecule has 28 heavy (non-hydrogen) atoms. The maximum atomic E-state index is 12.9. The van der Waals surface area contributed by atoms with Gasteiger partial charge in [0.2, 0.25) is 5.95 Å². The number of piperazine rings is 1. The number of aryl methyl sites for hydroxylation is 1. The first kappa shape index (κ1) is 17.9. The normalized spacial score (nSPS) is 14.2. The zero-order valence-electron chi connectivity index (χ0n) is 15.7. The molecule has 0 radical (unpaired) electrons. The van der Waals surface area contributed by atoms with Crippen molar-refractivity contribution in [2.24, 2.45) is 0 Å². The molecule has 0 spiro atoms. The van der Waals surface area contributed by atoms with Crippen molar-refractivity contribution in [3.05, 3.63) is 54.0 Å². The summed E-state index contributed by atoms with van der Waals surface area (Å²) < 4.78 is 0. The highest BCUT2D eigenvalue weighted by molar-refractivity contribution is 5.97. The van der Waals surface area contributed by atoms with E-state index in [1.54, 1.807) is 23.4 Å². The second kappa shape index (κ2) is 8.03. The number of rotatable bonds is 5. The number of hydrogen-bond donors (Lipinski definition) is 2. The molecule has 3 aromatic rings. The van der Waals surface area contributed by atoms with E-state index in [-0.39, 0.29) is 5.91 Å². The second-order valence-corrected chi connectivity index (χ2v) is 6.52. The van der Waals surface area contributed by atoms with E-state index in [9.17, 15) is 4.79 Å².